The van der Waals surface area contributed by atoms with Gasteiger partial charge >= 0.3 is 0 Å². The van der Waals surface area contributed by atoms with E-state index in [2.05, 4.69) is 10.4 Å². The zero-order valence-corrected chi connectivity index (χ0v) is 12.4. The topological polar surface area (TPSA) is 60.2 Å². The van der Waals surface area contributed by atoms with Gasteiger partial charge in [0.1, 0.15) is 0 Å². The summed E-state index contributed by atoms with van der Waals surface area (Å²) in [5.74, 6) is 6.18. The molecule has 0 aliphatic carbocycles. The standard InChI is InChI=1S/C14H15Cl2N3O/c1-20-14-9(4-3-7-18-14)13(19-17)8-10-11(15)5-2-6-12(10)16/h2-7,13,19H,8,17H2,1H3. The first-order chi connectivity index (χ1) is 9.67. The van der Waals surface area contributed by atoms with Crippen LogP contribution in [0.3, 0.4) is 0 Å². The van der Waals surface area contributed by atoms with Gasteiger partial charge in [-0.1, -0.05) is 35.3 Å². The first-order valence-electron chi connectivity index (χ1n) is 6.05. The van der Waals surface area contributed by atoms with E-state index in [9.17, 15) is 0 Å². The van der Waals surface area contributed by atoms with E-state index in [-0.39, 0.29) is 6.04 Å². The van der Waals surface area contributed by atoms with Gasteiger partial charge in [-0.25, -0.2) is 4.98 Å². The third-order valence-corrected chi connectivity index (χ3v) is 3.75. The van der Waals surface area contributed by atoms with E-state index < -0.39 is 0 Å². The molecular weight excluding hydrogens is 297 g/mol. The number of hydrazine groups is 1. The fraction of sp³-hybridized carbons (Fsp3) is 0.214. The lowest BCUT2D eigenvalue weighted by Crippen LogP contribution is -2.30. The lowest BCUT2D eigenvalue weighted by molar-refractivity contribution is 0.382. The number of nitrogens with two attached hydrogens (primary N) is 1. The molecule has 0 saturated heterocycles. The van der Waals surface area contributed by atoms with Crippen molar-refractivity contribution in [3.05, 3.63) is 57.7 Å². The molecule has 0 saturated carbocycles. The highest BCUT2D eigenvalue weighted by Crippen LogP contribution is 2.31. The van der Waals surface area contributed by atoms with Crippen molar-refractivity contribution >= 4 is 23.2 Å². The van der Waals surface area contributed by atoms with Gasteiger partial charge < -0.3 is 4.74 Å². The van der Waals surface area contributed by atoms with Crippen LogP contribution in [-0.2, 0) is 6.42 Å². The zero-order chi connectivity index (χ0) is 14.5. The van der Waals surface area contributed by atoms with Crippen LogP contribution in [-0.4, -0.2) is 12.1 Å². The van der Waals surface area contributed by atoms with Crippen molar-refractivity contribution in [3.63, 3.8) is 0 Å². The normalized spacial score (nSPS) is 12.2. The van der Waals surface area contributed by atoms with Crippen molar-refractivity contribution in [2.75, 3.05) is 7.11 Å². The van der Waals surface area contributed by atoms with Crippen LogP contribution in [0.2, 0.25) is 10.0 Å². The van der Waals surface area contributed by atoms with Crippen LogP contribution in [0, 0.1) is 0 Å². The van der Waals surface area contributed by atoms with E-state index in [0.717, 1.165) is 11.1 Å². The van der Waals surface area contributed by atoms with E-state index in [1.165, 1.54) is 0 Å². The summed E-state index contributed by atoms with van der Waals surface area (Å²) in [7, 11) is 1.57. The maximum Gasteiger partial charge on any atom is 0.217 e. The Bertz CT molecular complexity index is 572. The summed E-state index contributed by atoms with van der Waals surface area (Å²) in [6.07, 6.45) is 2.20. The highest BCUT2D eigenvalue weighted by atomic mass is 35.5. The van der Waals surface area contributed by atoms with Crippen molar-refractivity contribution in [2.45, 2.75) is 12.5 Å². The van der Waals surface area contributed by atoms with Gasteiger partial charge in [0.05, 0.1) is 13.2 Å². The largest absolute Gasteiger partial charge is 0.481 e. The van der Waals surface area contributed by atoms with Crippen molar-refractivity contribution < 1.29 is 4.74 Å². The molecule has 6 heteroatoms. The summed E-state index contributed by atoms with van der Waals surface area (Å²) >= 11 is 12.4. The highest BCUT2D eigenvalue weighted by Gasteiger charge is 2.18. The second kappa shape index (κ2) is 6.90. The van der Waals surface area contributed by atoms with Crippen molar-refractivity contribution in [2.24, 2.45) is 5.84 Å². The van der Waals surface area contributed by atoms with Gasteiger partial charge in [-0.3, -0.25) is 11.3 Å². The average Bonchev–Trinajstić information content (AvgIpc) is 2.47. The monoisotopic (exact) mass is 311 g/mol. The molecule has 20 heavy (non-hydrogen) atoms. The Labute approximate surface area is 127 Å². The fourth-order valence-corrected chi connectivity index (χ4v) is 2.58. The number of nitrogens with zero attached hydrogens (tertiary/aromatic N) is 1. The fourth-order valence-electron chi connectivity index (χ4n) is 2.03. The highest BCUT2D eigenvalue weighted by molar-refractivity contribution is 6.36. The van der Waals surface area contributed by atoms with E-state index >= 15 is 0 Å². The summed E-state index contributed by atoms with van der Waals surface area (Å²) in [5, 5.41) is 1.22. The van der Waals surface area contributed by atoms with Crippen LogP contribution in [0.5, 0.6) is 5.88 Å². The number of nitrogens with one attached hydrogen (secondary N) is 1. The minimum absolute atomic E-state index is 0.198. The number of halogens is 2. The molecule has 1 aromatic heterocycles. The predicted octanol–water partition coefficient (Wildman–Crippen LogP) is 3.14. The number of aromatic nitrogens is 1. The van der Waals surface area contributed by atoms with Crippen LogP contribution in [0.25, 0.3) is 0 Å². The Balaban J connectivity index is 2.34. The summed E-state index contributed by atoms with van der Waals surface area (Å²) in [5.41, 5.74) is 4.45. The second-order valence-electron chi connectivity index (χ2n) is 4.23. The molecule has 0 amide bonds. The number of methoxy groups -OCH3 is 1. The lowest BCUT2D eigenvalue weighted by atomic mass is 10.00. The van der Waals surface area contributed by atoms with Crippen LogP contribution < -0.4 is 16.0 Å². The smallest absolute Gasteiger partial charge is 0.217 e. The quantitative estimate of drug-likeness (QED) is 0.658. The van der Waals surface area contributed by atoms with Crippen molar-refractivity contribution in [3.8, 4) is 5.88 Å². The van der Waals surface area contributed by atoms with E-state index in [1.54, 1.807) is 25.4 Å². The Kier molecular flexibility index (Phi) is 5.20. The van der Waals surface area contributed by atoms with Gasteiger partial charge in [0, 0.05) is 21.8 Å². The van der Waals surface area contributed by atoms with Crippen LogP contribution >= 0.6 is 23.2 Å². The number of benzene rings is 1. The number of rotatable bonds is 5. The third-order valence-electron chi connectivity index (χ3n) is 3.04. The number of ether oxygens (including phenoxy) is 1. The van der Waals surface area contributed by atoms with Crippen LogP contribution in [0.4, 0.5) is 0 Å². The molecule has 0 aliphatic heterocycles. The third kappa shape index (κ3) is 3.22. The molecule has 1 atom stereocenters. The van der Waals surface area contributed by atoms with Crippen LogP contribution in [0.1, 0.15) is 17.2 Å². The molecule has 1 aromatic carbocycles. The van der Waals surface area contributed by atoms with Gasteiger partial charge in [-0.15, -0.1) is 0 Å². The van der Waals surface area contributed by atoms with Gasteiger partial charge in [-0.05, 0) is 30.2 Å². The Morgan fingerprint density at radius 3 is 2.55 bits per heavy atom. The summed E-state index contributed by atoms with van der Waals surface area (Å²) in [4.78, 5) is 4.17. The Hall–Kier alpha value is -1.33. The van der Waals surface area contributed by atoms with Gasteiger partial charge in [0.15, 0.2) is 0 Å². The minimum Gasteiger partial charge on any atom is -0.481 e. The number of hydrogen-bond acceptors (Lipinski definition) is 4. The first kappa shape index (κ1) is 15.1. The van der Waals surface area contributed by atoms with E-state index in [1.807, 2.05) is 18.2 Å². The maximum atomic E-state index is 6.19. The molecular formula is C14H15Cl2N3O. The molecule has 4 nitrogen and oxygen atoms in total. The number of hydrogen-bond donors (Lipinski definition) is 2. The SMILES string of the molecule is COc1ncccc1C(Cc1c(Cl)cccc1Cl)NN. The molecule has 0 radical (unpaired) electrons. The minimum atomic E-state index is -0.198. The Morgan fingerprint density at radius 2 is 1.95 bits per heavy atom. The molecule has 0 bridgehead atoms. The first-order valence-corrected chi connectivity index (χ1v) is 6.81. The molecule has 0 fully saturated rings. The molecule has 2 rings (SSSR count). The summed E-state index contributed by atoms with van der Waals surface area (Å²) < 4.78 is 5.25. The zero-order valence-electron chi connectivity index (χ0n) is 10.9. The lowest BCUT2D eigenvalue weighted by Gasteiger charge is -2.19. The summed E-state index contributed by atoms with van der Waals surface area (Å²) in [6.45, 7) is 0. The molecule has 0 aliphatic rings. The Morgan fingerprint density at radius 1 is 1.25 bits per heavy atom. The number of pyridine rings is 1. The van der Waals surface area contributed by atoms with Crippen LogP contribution in [0.15, 0.2) is 36.5 Å². The molecule has 106 valence electrons. The van der Waals surface area contributed by atoms with E-state index in [0.29, 0.717) is 22.3 Å². The van der Waals surface area contributed by atoms with Crippen molar-refractivity contribution in [1.82, 2.24) is 10.4 Å². The molecule has 0 spiro atoms. The molecule has 1 unspecified atom stereocenters. The summed E-state index contributed by atoms with van der Waals surface area (Å²) in [6, 6.07) is 8.95. The second-order valence-corrected chi connectivity index (χ2v) is 5.04. The molecule has 1 heterocycles. The van der Waals surface area contributed by atoms with Crippen molar-refractivity contribution in [1.29, 1.82) is 0 Å². The predicted molar refractivity (Wildman–Crippen MR) is 81.0 cm³/mol. The molecule has 3 N–H and O–H groups in total. The average molecular weight is 312 g/mol. The molecule has 2 aromatic rings. The maximum absolute atomic E-state index is 6.19. The van der Waals surface area contributed by atoms with Gasteiger partial charge in [0.25, 0.3) is 0 Å². The van der Waals surface area contributed by atoms with Gasteiger partial charge in [0.2, 0.25) is 5.88 Å². The van der Waals surface area contributed by atoms with Gasteiger partial charge in [-0.2, -0.15) is 0 Å². The van der Waals surface area contributed by atoms with E-state index in [4.69, 9.17) is 33.8 Å².